The molecular weight excluding hydrogens is 377 g/mol. The summed E-state index contributed by atoms with van der Waals surface area (Å²) in [7, 11) is 2.17. The first-order chi connectivity index (χ1) is 13.9. The normalized spacial score (nSPS) is 18.3. The summed E-state index contributed by atoms with van der Waals surface area (Å²) in [4.78, 5) is 9.95. The minimum Gasteiger partial charge on any atom is -0.361 e. The van der Waals surface area contributed by atoms with Gasteiger partial charge in [0.25, 0.3) is 0 Å². The summed E-state index contributed by atoms with van der Waals surface area (Å²) in [6.07, 6.45) is 2.71. The van der Waals surface area contributed by atoms with Gasteiger partial charge in [0.1, 0.15) is 6.33 Å². The van der Waals surface area contributed by atoms with Crippen LogP contribution in [0.5, 0.6) is 0 Å². The minimum absolute atomic E-state index is 0.335. The van der Waals surface area contributed by atoms with Crippen molar-refractivity contribution in [2.75, 3.05) is 13.6 Å². The third-order valence-corrected chi connectivity index (χ3v) is 6.03. The van der Waals surface area contributed by atoms with Gasteiger partial charge in [0.2, 0.25) is 0 Å². The second kappa shape index (κ2) is 6.62. The van der Waals surface area contributed by atoms with E-state index in [9.17, 15) is 13.2 Å². The fraction of sp³-hybridized carbons (Fsp3) is 0.318. The molecule has 4 aromatic rings. The summed E-state index contributed by atoms with van der Waals surface area (Å²) in [5.74, 6) is 0. The van der Waals surface area contributed by atoms with Gasteiger partial charge in [0, 0.05) is 28.8 Å². The Hall–Kier alpha value is -2.80. The predicted octanol–water partition coefficient (Wildman–Crippen LogP) is 5.16. The quantitative estimate of drug-likeness (QED) is 0.517. The molecule has 0 amide bonds. The van der Waals surface area contributed by atoms with E-state index in [-0.39, 0.29) is 0 Å². The van der Waals surface area contributed by atoms with Gasteiger partial charge in [-0.2, -0.15) is 13.2 Å². The zero-order valence-electron chi connectivity index (χ0n) is 16.0. The zero-order chi connectivity index (χ0) is 20.2. The van der Waals surface area contributed by atoms with Crippen LogP contribution in [0.25, 0.3) is 27.6 Å². The molecular formula is C22H21F3N4. The minimum atomic E-state index is -4.37. The van der Waals surface area contributed by atoms with Crippen molar-refractivity contribution in [3.05, 3.63) is 60.0 Å². The Morgan fingerprint density at radius 2 is 2.03 bits per heavy atom. The molecule has 0 saturated carbocycles. The summed E-state index contributed by atoms with van der Waals surface area (Å²) < 4.78 is 40.8. The number of alkyl halides is 3. The number of likely N-dealkylation sites (N-methyl/N-ethyl adjacent to an activating group) is 1. The summed E-state index contributed by atoms with van der Waals surface area (Å²) in [6, 6.07) is 10.3. The molecule has 2 aromatic carbocycles. The number of nitrogens with zero attached hydrogens (tertiary/aromatic N) is 3. The molecule has 3 heterocycles. The fourth-order valence-corrected chi connectivity index (χ4v) is 4.37. The molecule has 1 saturated heterocycles. The Labute approximate surface area is 166 Å². The van der Waals surface area contributed by atoms with E-state index in [0.29, 0.717) is 17.1 Å². The Bertz CT molecular complexity index is 1190. The van der Waals surface area contributed by atoms with Crippen molar-refractivity contribution in [2.24, 2.45) is 0 Å². The van der Waals surface area contributed by atoms with Gasteiger partial charge in [0.05, 0.1) is 16.6 Å². The Kier molecular flexibility index (Phi) is 4.17. The monoisotopic (exact) mass is 398 g/mol. The number of imidazole rings is 1. The van der Waals surface area contributed by atoms with Crippen LogP contribution in [-0.2, 0) is 12.6 Å². The van der Waals surface area contributed by atoms with Crippen molar-refractivity contribution >= 4 is 21.9 Å². The molecule has 1 atom stereocenters. The first-order valence-corrected chi connectivity index (χ1v) is 9.75. The first-order valence-electron chi connectivity index (χ1n) is 9.75. The van der Waals surface area contributed by atoms with Gasteiger partial charge in [-0.15, -0.1) is 0 Å². The van der Waals surface area contributed by atoms with Gasteiger partial charge in [-0.1, -0.05) is 0 Å². The van der Waals surface area contributed by atoms with Crippen LogP contribution in [0, 0.1) is 0 Å². The van der Waals surface area contributed by atoms with Crippen LogP contribution in [0.3, 0.4) is 0 Å². The van der Waals surface area contributed by atoms with Gasteiger partial charge in [-0.25, -0.2) is 4.98 Å². The second-order valence-corrected chi connectivity index (χ2v) is 7.84. The highest BCUT2D eigenvalue weighted by molar-refractivity contribution is 5.86. The van der Waals surface area contributed by atoms with E-state index in [1.54, 1.807) is 6.33 Å². The van der Waals surface area contributed by atoms with E-state index >= 15 is 0 Å². The maximum absolute atomic E-state index is 13.0. The van der Waals surface area contributed by atoms with Crippen LogP contribution in [0.1, 0.15) is 24.0 Å². The number of aromatic amines is 1. The van der Waals surface area contributed by atoms with Gasteiger partial charge in [-0.05, 0) is 74.8 Å². The molecule has 29 heavy (non-hydrogen) atoms. The molecule has 1 aliphatic rings. The SMILES string of the molecule is CN1CCCC1Cc1c[nH]c2ccc(-n3cnc4cc(C(F)(F)F)ccc43)cc12. The smallest absolute Gasteiger partial charge is 0.361 e. The number of fused-ring (bicyclic) bond motifs is 2. The summed E-state index contributed by atoms with van der Waals surface area (Å²) in [5, 5.41) is 1.15. The number of likely N-dealkylation sites (tertiary alicyclic amines) is 1. The lowest BCUT2D eigenvalue weighted by Crippen LogP contribution is -2.26. The van der Waals surface area contributed by atoms with Crippen LogP contribution in [-0.4, -0.2) is 39.1 Å². The number of halogens is 3. The standard InChI is InChI=1S/C22H21F3N4/c1-28-8-2-3-16(28)9-14-12-26-19-6-5-17(11-18(14)19)29-13-27-20-10-15(22(23,24)25)4-7-21(20)29/h4-7,10-13,16,26H,2-3,8-9H2,1H3. The van der Waals surface area contributed by atoms with Crippen LogP contribution in [0.15, 0.2) is 48.9 Å². The number of hydrogen-bond acceptors (Lipinski definition) is 2. The molecule has 1 N–H and O–H groups in total. The summed E-state index contributed by atoms with van der Waals surface area (Å²) in [5.41, 5.74) is 3.53. The topological polar surface area (TPSA) is 36.9 Å². The van der Waals surface area contributed by atoms with Crippen LogP contribution in [0.2, 0.25) is 0 Å². The van der Waals surface area contributed by atoms with Crippen molar-refractivity contribution in [3.8, 4) is 5.69 Å². The largest absolute Gasteiger partial charge is 0.416 e. The number of H-pyrrole nitrogens is 1. The van der Waals surface area contributed by atoms with Crippen molar-refractivity contribution in [3.63, 3.8) is 0 Å². The average Bonchev–Trinajstić information content (AvgIpc) is 3.40. The molecule has 7 heteroatoms. The molecule has 5 rings (SSSR count). The first kappa shape index (κ1) is 18.2. The second-order valence-electron chi connectivity index (χ2n) is 7.84. The third kappa shape index (κ3) is 3.19. The zero-order valence-corrected chi connectivity index (χ0v) is 16.0. The lowest BCUT2D eigenvalue weighted by atomic mass is 10.0. The van der Waals surface area contributed by atoms with E-state index in [1.807, 2.05) is 16.7 Å². The molecule has 0 bridgehead atoms. The molecule has 0 radical (unpaired) electrons. The molecule has 1 unspecified atom stereocenters. The number of rotatable bonds is 3. The highest BCUT2D eigenvalue weighted by atomic mass is 19.4. The van der Waals surface area contributed by atoms with E-state index in [2.05, 4.69) is 34.2 Å². The van der Waals surface area contributed by atoms with Crippen molar-refractivity contribution in [2.45, 2.75) is 31.5 Å². The Morgan fingerprint density at radius 3 is 2.79 bits per heavy atom. The molecule has 2 aromatic heterocycles. The lowest BCUT2D eigenvalue weighted by Gasteiger charge is -2.18. The summed E-state index contributed by atoms with van der Waals surface area (Å²) in [6.45, 7) is 1.14. The Balaban J connectivity index is 1.54. The van der Waals surface area contributed by atoms with Crippen LogP contribution >= 0.6 is 0 Å². The average molecular weight is 398 g/mol. The highest BCUT2D eigenvalue weighted by Gasteiger charge is 2.31. The summed E-state index contributed by atoms with van der Waals surface area (Å²) >= 11 is 0. The molecule has 1 aliphatic heterocycles. The van der Waals surface area contributed by atoms with E-state index in [1.165, 1.54) is 24.5 Å². The molecule has 1 fully saturated rings. The number of aromatic nitrogens is 3. The van der Waals surface area contributed by atoms with Gasteiger partial charge >= 0.3 is 6.18 Å². The van der Waals surface area contributed by atoms with E-state index < -0.39 is 11.7 Å². The fourth-order valence-electron chi connectivity index (χ4n) is 4.37. The third-order valence-electron chi connectivity index (χ3n) is 6.03. The maximum Gasteiger partial charge on any atom is 0.416 e. The lowest BCUT2D eigenvalue weighted by molar-refractivity contribution is -0.137. The van der Waals surface area contributed by atoms with Crippen LogP contribution in [0.4, 0.5) is 13.2 Å². The number of nitrogens with one attached hydrogen (secondary N) is 1. The van der Waals surface area contributed by atoms with Gasteiger partial charge in [0.15, 0.2) is 0 Å². The van der Waals surface area contributed by atoms with Gasteiger partial charge in [-0.3, -0.25) is 4.57 Å². The molecule has 4 nitrogen and oxygen atoms in total. The number of benzene rings is 2. The highest BCUT2D eigenvalue weighted by Crippen LogP contribution is 2.32. The van der Waals surface area contributed by atoms with Crippen LogP contribution < -0.4 is 0 Å². The Morgan fingerprint density at radius 1 is 1.17 bits per heavy atom. The maximum atomic E-state index is 13.0. The van der Waals surface area contributed by atoms with Gasteiger partial charge < -0.3 is 9.88 Å². The van der Waals surface area contributed by atoms with E-state index in [0.717, 1.165) is 41.7 Å². The number of hydrogen-bond donors (Lipinski definition) is 1. The van der Waals surface area contributed by atoms with E-state index in [4.69, 9.17) is 0 Å². The van der Waals surface area contributed by atoms with Crippen molar-refractivity contribution < 1.29 is 13.2 Å². The molecule has 150 valence electrons. The predicted molar refractivity (Wildman–Crippen MR) is 107 cm³/mol. The molecule has 0 spiro atoms. The molecule has 0 aliphatic carbocycles. The van der Waals surface area contributed by atoms with Crippen molar-refractivity contribution in [1.29, 1.82) is 0 Å². The van der Waals surface area contributed by atoms with Crippen molar-refractivity contribution in [1.82, 2.24) is 19.4 Å².